The smallest absolute Gasteiger partial charge is 0.227 e. The van der Waals surface area contributed by atoms with Gasteiger partial charge in [-0.1, -0.05) is 0 Å². The predicted octanol–water partition coefficient (Wildman–Crippen LogP) is 0.695. The summed E-state index contributed by atoms with van der Waals surface area (Å²) in [6, 6.07) is 2.88. The van der Waals surface area contributed by atoms with Crippen molar-refractivity contribution in [1.82, 2.24) is 0 Å². The molecule has 0 atom stereocenters. The standard InChI is InChI=1S/C9H10N2O3/c10-5-3-8-6(4-7(5)12)11-9(13)1-2-14-8/h3-4,12H,1-2,10H2,(H,11,13). The molecule has 1 aliphatic rings. The van der Waals surface area contributed by atoms with Crippen molar-refractivity contribution in [2.75, 3.05) is 17.7 Å². The molecular weight excluding hydrogens is 184 g/mol. The zero-order valence-corrected chi connectivity index (χ0v) is 7.41. The molecule has 0 bridgehead atoms. The van der Waals surface area contributed by atoms with Gasteiger partial charge < -0.3 is 20.9 Å². The van der Waals surface area contributed by atoms with Crippen molar-refractivity contribution >= 4 is 17.3 Å². The Hall–Kier alpha value is -1.91. The van der Waals surface area contributed by atoms with Crippen molar-refractivity contribution in [1.29, 1.82) is 0 Å². The molecule has 74 valence electrons. The van der Waals surface area contributed by atoms with Crippen molar-refractivity contribution < 1.29 is 14.6 Å². The first-order valence-electron chi connectivity index (χ1n) is 4.22. The average Bonchev–Trinajstić information content (AvgIpc) is 2.28. The second-order valence-electron chi connectivity index (χ2n) is 3.05. The monoisotopic (exact) mass is 194 g/mol. The maximum atomic E-state index is 11.1. The number of hydrogen-bond donors (Lipinski definition) is 3. The van der Waals surface area contributed by atoms with Gasteiger partial charge in [-0.05, 0) is 0 Å². The molecule has 5 nitrogen and oxygen atoms in total. The van der Waals surface area contributed by atoms with Crippen LogP contribution >= 0.6 is 0 Å². The number of ether oxygens (including phenoxy) is 1. The number of nitrogens with two attached hydrogens (primary N) is 1. The number of amides is 1. The molecule has 0 saturated carbocycles. The number of fused-ring (bicyclic) bond motifs is 1. The van der Waals surface area contributed by atoms with Gasteiger partial charge in [0.1, 0.15) is 11.5 Å². The Bertz CT molecular complexity index is 390. The van der Waals surface area contributed by atoms with E-state index in [2.05, 4.69) is 5.32 Å². The number of rotatable bonds is 0. The maximum Gasteiger partial charge on any atom is 0.227 e. The summed E-state index contributed by atoms with van der Waals surface area (Å²) in [6.07, 6.45) is 0.301. The van der Waals surface area contributed by atoms with E-state index in [0.29, 0.717) is 24.5 Å². The summed E-state index contributed by atoms with van der Waals surface area (Å²) in [6.45, 7) is 0.322. The Kier molecular flexibility index (Phi) is 1.92. The minimum atomic E-state index is -0.132. The molecule has 0 aromatic heterocycles. The van der Waals surface area contributed by atoms with Crippen molar-refractivity contribution in [3.63, 3.8) is 0 Å². The maximum absolute atomic E-state index is 11.1. The molecule has 2 rings (SSSR count). The van der Waals surface area contributed by atoms with Gasteiger partial charge in [0.05, 0.1) is 24.4 Å². The molecule has 0 aliphatic carbocycles. The van der Waals surface area contributed by atoms with E-state index in [1.165, 1.54) is 12.1 Å². The molecule has 4 N–H and O–H groups in total. The lowest BCUT2D eigenvalue weighted by molar-refractivity contribution is -0.116. The van der Waals surface area contributed by atoms with Crippen LogP contribution in [0.15, 0.2) is 12.1 Å². The number of phenols is 1. The normalized spacial score (nSPS) is 15.0. The largest absolute Gasteiger partial charge is 0.506 e. The van der Waals surface area contributed by atoms with Crippen LogP contribution < -0.4 is 15.8 Å². The summed E-state index contributed by atoms with van der Waals surface area (Å²) in [7, 11) is 0. The van der Waals surface area contributed by atoms with Gasteiger partial charge in [-0.15, -0.1) is 0 Å². The molecule has 0 spiro atoms. The molecule has 0 unspecified atom stereocenters. The first kappa shape index (κ1) is 8.68. The fourth-order valence-electron chi connectivity index (χ4n) is 1.27. The van der Waals surface area contributed by atoms with E-state index in [1.807, 2.05) is 0 Å². The molecule has 0 fully saturated rings. The molecule has 1 aromatic carbocycles. The third-order valence-corrected chi connectivity index (χ3v) is 1.99. The number of carbonyl (C=O) groups is 1. The molecular formula is C9H10N2O3. The molecule has 1 aromatic rings. The molecule has 0 radical (unpaired) electrons. The molecule has 1 aliphatic heterocycles. The zero-order chi connectivity index (χ0) is 10.1. The Morgan fingerprint density at radius 1 is 1.50 bits per heavy atom. The number of hydrogen-bond acceptors (Lipinski definition) is 4. The summed E-state index contributed by atoms with van der Waals surface area (Å²) in [5, 5.41) is 11.9. The van der Waals surface area contributed by atoms with E-state index in [9.17, 15) is 9.90 Å². The fraction of sp³-hybridized carbons (Fsp3) is 0.222. The highest BCUT2D eigenvalue weighted by atomic mass is 16.5. The number of benzene rings is 1. The molecule has 5 heteroatoms. The van der Waals surface area contributed by atoms with E-state index in [-0.39, 0.29) is 17.3 Å². The fourth-order valence-corrected chi connectivity index (χ4v) is 1.27. The van der Waals surface area contributed by atoms with Crippen molar-refractivity contribution in [3.8, 4) is 11.5 Å². The van der Waals surface area contributed by atoms with Gasteiger partial charge in [0.2, 0.25) is 5.91 Å². The quantitative estimate of drug-likeness (QED) is 0.419. The lowest BCUT2D eigenvalue weighted by atomic mass is 10.2. The van der Waals surface area contributed by atoms with Crippen LogP contribution in [0, 0.1) is 0 Å². The third-order valence-electron chi connectivity index (χ3n) is 1.99. The zero-order valence-electron chi connectivity index (χ0n) is 7.41. The number of carbonyl (C=O) groups excluding carboxylic acids is 1. The van der Waals surface area contributed by atoms with E-state index < -0.39 is 0 Å². The second kappa shape index (κ2) is 3.10. The number of aromatic hydroxyl groups is 1. The van der Waals surface area contributed by atoms with Gasteiger partial charge in [-0.2, -0.15) is 0 Å². The van der Waals surface area contributed by atoms with Crippen molar-refractivity contribution in [3.05, 3.63) is 12.1 Å². The lowest BCUT2D eigenvalue weighted by Gasteiger charge is -2.08. The molecule has 0 saturated heterocycles. The highest BCUT2D eigenvalue weighted by Crippen LogP contribution is 2.35. The van der Waals surface area contributed by atoms with Crippen LogP contribution in [-0.4, -0.2) is 17.6 Å². The van der Waals surface area contributed by atoms with Crippen molar-refractivity contribution in [2.45, 2.75) is 6.42 Å². The van der Waals surface area contributed by atoms with Crippen LogP contribution in [-0.2, 0) is 4.79 Å². The highest BCUT2D eigenvalue weighted by Gasteiger charge is 2.15. The van der Waals surface area contributed by atoms with Crippen LogP contribution in [0.5, 0.6) is 11.5 Å². The van der Waals surface area contributed by atoms with Crippen molar-refractivity contribution in [2.24, 2.45) is 0 Å². The summed E-state index contributed by atoms with van der Waals surface area (Å²) in [5.74, 6) is 0.300. The Balaban J connectivity index is 2.46. The van der Waals surface area contributed by atoms with E-state index >= 15 is 0 Å². The minimum Gasteiger partial charge on any atom is -0.506 e. The summed E-state index contributed by atoms with van der Waals surface area (Å²) >= 11 is 0. The number of nitrogens with one attached hydrogen (secondary N) is 1. The molecule has 14 heavy (non-hydrogen) atoms. The van der Waals surface area contributed by atoms with Gasteiger partial charge in [-0.25, -0.2) is 0 Å². The lowest BCUT2D eigenvalue weighted by Crippen LogP contribution is -2.10. The Morgan fingerprint density at radius 2 is 2.29 bits per heavy atom. The molecule has 1 heterocycles. The predicted molar refractivity (Wildman–Crippen MR) is 51.3 cm³/mol. The summed E-state index contributed by atoms with van der Waals surface area (Å²) < 4.78 is 5.28. The summed E-state index contributed by atoms with van der Waals surface area (Å²) in [4.78, 5) is 11.1. The van der Waals surface area contributed by atoms with Crippen LogP contribution in [0.2, 0.25) is 0 Å². The third kappa shape index (κ3) is 1.44. The first-order chi connectivity index (χ1) is 6.66. The van der Waals surface area contributed by atoms with Crippen LogP contribution in [0.25, 0.3) is 0 Å². The van der Waals surface area contributed by atoms with Crippen LogP contribution in [0.4, 0.5) is 11.4 Å². The highest BCUT2D eigenvalue weighted by molar-refractivity contribution is 5.94. The number of anilines is 2. The van der Waals surface area contributed by atoms with Gasteiger partial charge in [0, 0.05) is 12.1 Å². The SMILES string of the molecule is Nc1cc2c(cc1O)NC(=O)CCO2. The molecule has 1 amide bonds. The second-order valence-corrected chi connectivity index (χ2v) is 3.05. The number of phenolic OH excluding ortho intramolecular Hbond substituents is 1. The van der Waals surface area contributed by atoms with Crippen LogP contribution in [0.3, 0.4) is 0 Å². The van der Waals surface area contributed by atoms with Gasteiger partial charge >= 0.3 is 0 Å². The van der Waals surface area contributed by atoms with Gasteiger partial charge in [-0.3, -0.25) is 4.79 Å². The van der Waals surface area contributed by atoms with E-state index in [0.717, 1.165) is 0 Å². The Labute approximate surface area is 80.5 Å². The topological polar surface area (TPSA) is 84.6 Å². The van der Waals surface area contributed by atoms with E-state index in [1.54, 1.807) is 0 Å². The summed E-state index contributed by atoms with van der Waals surface area (Å²) in [5.41, 5.74) is 6.18. The van der Waals surface area contributed by atoms with E-state index in [4.69, 9.17) is 10.5 Å². The van der Waals surface area contributed by atoms with Gasteiger partial charge in [0.15, 0.2) is 0 Å². The van der Waals surface area contributed by atoms with Gasteiger partial charge in [0.25, 0.3) is 0 Å². The van der Waals surface area contributed by atoms with Crippen LogP contribution in [0.1, 0.15) is 6.42 Å². The first-order valence-corrected chi connectivity index (χ1v) is 4.22. The number of nitrogen functional groups attached to an aromatic ring is 1. The minimum absolute atomic E-state index is 0.0606. The average molecular weight is 194 g/mol. The Morgan fingerprint density at radius 3 is 3.07 bits per heavy atom.